The van der Waals surface area contributed by atoms with Gasteiger partial charge in [-0.3, -0.25) is 9.69 Å². The van der Waals surface area contributed by atoms with Crippen LogP contribution >= 0.6 is 23.1 Å². The lowest BCUT2D eigenvalue weighted by atomic mass is 9.84. The molecule has 1 unspecified atom stereocenters. The number of ketones is 1. The summed E-state index contributed by atoms with van der Waals surface area (Å²) in [6.45, 7) is 2.69. The number of thiazole rings is 1. The van der Waals surface area contributed by atoms with E-state index in [1.807, 2.05) is 109 Å². The van der Waals surface area contributed by atoms with Crippen LogP contribution in [0.25, 0.3) is 16.8 Å². The Morgan fingerprint density at radius 3 is 1.50 bits per heavy atom. The number of carbonyl (C=O) groups excluding carboxylic acids is 1. The van der Waals surface area contributed by atoms with E-state index in [0.717, 1.165) is 40.5 Å². The molecule has 0 saturated heterocycles. The quantitative estimate of drug-likeness (QED) is 0.118. The largest absolute Gasteiger partial charge is 0.871 e. The molecule has 8 heteroatoms. The third-order valence-corrected chi connectivity index (χ3v) is 12.8. The number of Topliss-reactive ketones (excluding diaryl/α,β-unsaturated/α-hetero) is 1. The Kier molecular flexibility index (Phi) is 10.9. The molecule has 58 heavy (non-hydrogen) atoms. The van der Waals surface area contributed by atoms with Crippen LogP contribution in [0.5, 0.6) is 0 Å². The van der Waals surface area contributed by atoms with Gasteiger partial charge in [-0.1, -0.05) is 199 Å². The summed E-state index contributed by atoms with van der Waals surface area (Å²) in [6.07, 6.45) is 0. The number of nitrogens with zero attached hydrogens (tertiary/aromatic N) is 3. The lowest BCUT2D eigenvalue weighted by molar-refractivity contribution is -0.936. The molecule has 2 heterocycles. The van der Waals surface area contributed by atoms with Crippen molar-refractivity contribution in [1.29, 1.82) is 0 Å². The summed E-state index contributed by atoms with van der Waals surface area (Å²) in [4.78, 5) is 30.0. The molecule has 0 bridgehead atoms. The van der Waals surface area contributed by atoms with Crippen LogP contribution in [0.1, 0.15) is 32.7 Å². The predicted octanol–water partition coefficient (Wildman–Crippen LogP) is 8.73. The van der Waals surface area contributed by atoms with Gasteiger partial charge in [-0.15, -0.1) is 0 Å². The number of quaternary nitrogens is 1. The normalized spacial score (nSPS) is 16.4. The van der Waals surface area contributed by atoms with Gasteiger partial charge in [0, 0.05) is 46.5 Å². The van der Waals surface area contributed by atoms with Gasteiger partial charge in [-0.25, -0.2) is 9.98 Å². The molecule has 0 saturated carbocycles. The lowest BCUT2D eigenvalue weighted by Crippen LogP contribution is -3.12. The lowest BCUT2D eigenvalue weighted by Gasteiger charge is -2.32. The van der Waals surface area contributed by atoms with E-state index < -0.39 is 0 Å². The number of thioether (sulfide) groups is 1. The fourth-order valence-corrected chi connectivity index (χ4v) is 9.91. The zero-order chi connectivity index (χ0) is 39.3. The molecule has 6 aromatic carbocycles. The van der Waals surface area contributed by atoms with Crippen molar-refractivity contribution in [2.24, 2.45) is 4.99 Å². The second kappa shape index (κ2) is 17.0. The van der Waals surface area contributed by atoms with Gasteiger partial charge in [-0.2, -0.15) is 0 Å². The standard InChI is InChI=1S/C50H40N4O2S2/c55-45-41(47-43(39-27-15-5-16-28-39)51-49(57-47)53(31-35-19-7-1-8-20-35)32-36-21-9-2-10-22-36)46(56)42(45)48-44(40-29-17-6-18-30-40)52-50(58-48)54(33-37-23-11-3-12-24-37)34-38-25-13-4-14-26-38/h1-30,49,55H,31-34H2/b47-41+. The van der Waals surface area contributed by atoms with Crippen LogP contribution < -0.4 is 14.9 Å². The first-order chi connectivity index (χ1) is 28.6. The van der Waals surface area contributed by atoms with Crippen LogP contribution in [0.2, 0.25) is 0 Å². The minimum absolute atomic E-state index is 0.193. The summed E-state index contributed by atoms with van der Waals surface area (Å²) in [5, 5.41) is 15.5. The Hall–Kier alpha value is -6.32. The third-order valence-electron chi connectivity index (χ3n) is 10.4. The molecule has 2 aliphatic rings. The van der Waals surface area contributed by atoms with E-state index in [9.17, 15) is 9.90 Å². The van der Waals surface area contributed by atoms with E-state index in [2.05, 4.69) is 77.7 Å². The van der Waals surface area contributed by atoms with Crippen LogP contribution in [0.3, 0.4) is 0 Å². The van der Waals surface area contributed by atoms with Crippen LogP contribution in [0.4, 0.5) is 5.13 Å². The highest BCUT2D eigenvalue weighted by Gasteiger charge is 2.41. The maximum Gasteiger partial charge on any atom is 0.235 e. The minimum Gasteiger partial charge on any atom is -0.871 e. The molecule has 0 fully saturated rings. The molecule has 0 spiro atoms. The van der Waals surface area contributed by atoms with Gasteiger partial charge >= 0.3 is 0 Å². The average molecular weight is 793 g/mol. The number of allylic oxidation sites excluding steroid dienone is 3. The highest BCUT2D eigenvalue weighted by atomic mass is 32.2. The van der Waals surface area contributed by atoms with Crippen LogP contribution in [0, 0.1) is 0 Å². The Balaban J connectivity index is 1.13. The number of benzene rings is 6. The second-order valence-corrected chi connectivity index (χ2v) is 16.5. The van der Waals surface area contributed by atoms with E-state index in [1.54, 1.807) is 0 Å². The highest BCUT2D eigenvalue weighted by Crippen LogP contribution is 2.48. The van der Waals surface area contributed by atoms with Gasteiger partial charge in [0.15, 0.2) is 10.9 Å². The van der Waals surface area contributed by atoms with Crippen LogP contribution in [-0.4, -0.2) is 22.0 Å². The van der Waals surface area contributed by atoms with E-state index in [-0.39, 0.29) is 28.2 Å². The zero-order valence-corrected chi connectivity index (χ0v) is 33.3. The summed E-state index contributed by atoms with van der Waals surface area (Å²) in [6, 6.07) is 61.3. The fraction of sp³-hybridized carbons (Fsp3) is 0.100. The molecule has 1 atom stereocenters. The molecule has 0 radical (unpaired) electrons. The number of anilines is 1. The van der Waals surface area contributed by atoms with Crippen molar-refractivity contribution in [2.75, 3.05) is 4.90 Å². The van der Waals surface area contributed by atoms with Gasteiger partial charge < -0.3 is 10.0 Å². The van der Waals surface area contributed by atoms with E-state index in [0.29, 0.717) is 34.3 Å². The summed E-state index contributed by atoms with van der Waals surface area (Å²) >= 11 is 2.94. The van der Waals surface area contributed by atoms with E-state index in [1.165, 1.54) is 39.1 Å². The molecule has 284 valence electrons. The summed E-state index contributed by atoms with van der Waals surface area (Å²) in [5.41, 5.74) is 7.88. The molecule has 1 aromatic heterocycles. The van der Waals surface area contributed by atoms with Gasteiger partial charge in [0.1, 0.15) is 13.1 Å². The van der Waals surface area contributed by atoms with Crippen molar-refractivity contribution in [2.45, 2.75) is 31.7 Å². The molecule has 6 nitrogen and oxygen atoms in total. The Bertz CT molecular complexity index is 2530. The molecular weight excluding hydrogens is 753 g/mol. The zero-order valence-electron chi connectivity index (χ0n) is 31.7. The van der Waals surface area contributed by atoms with Crippen molar-refractivity contribution in [1.82, 2.24) is 4.98 Å². The predicted molar refractivity (Wildman–Crippen MR) is 235 cm³/mol. The fourth-order valence-electron chi connectivity index (χ4n) is 7.49. The second-order valence-electron chi connectivity index (χ2n) is 14.4. The van der Waals surface area contributed by atoms with Gasteiger partial charge in [0.25, 0.3) is 0 Å². The average Bonchev–Trinajstić information content (AvgIpc) is 3.91. The van der Waals surface area contributed by atoms with Gasteiger partial charge in [0.2, 0.25) is 5.50 Å². The Morgan fingerprint density at radius 1 is 0.569 bits per heavy atom. The van der Waals surface area contributed by atoms with Crippen LogP contribution in [0.15, 0.2) is 203 Å². The molecule has 1 aliphatic carbocycles. The number of carbonyl (C=O) groups is 1. The number of rotatable bonds is 13. The number of aliphatic imine (C=N–C) groups is 1. The van der Waals surface area contributed by atoms with Gasteiger partial charge in [0.05, 0.1) is 21.2 Å². The minimum atomic E-state index is -0.276. The van der Waals surface area contributed by atoms with E-state index in [4.69, 9.17) is 9.98 Å². The van der Waals surface area contributed by atoms with Crippen molar-refractivity contribution >= 4 is 45.3 Å². The molecule has 1 aliphatic heterocycles. The van der Waals surface area contributed by atoms with Gasteiger partial charge in [-0.05, 0) is 22.9 Å². The first kappa shape index (κ1) is 37.3. The molecule has 9 rings (SSSR count). The SMILES string of the molecule is O=C1C(c2sc(N(Cc3ccccc3)Cc3ccccc3)nc2-c2ccccc2)=C([O-])/C1=C1\SC([NH+](Cc2ccccc2)Cc2ccccc2)N=C1c1ccccc1. The monoisotopic (exact) mass is 792 g/mol. The molecular formula is C50H40N4O2S2. The number of hydrogen-bond donors (Lipinski definition) is 1. The van der Waals surface area contributed by atoms with Crippen molar-refractivity contribution in [3.63, 3.8) is 0 Å². The van der Waals surface area contributed by atoms with Crippen molar-refractivity contribution < 1.29 is 14.8 Å². The van der Waals surface area contributed by atoms with E-state index >= 15 is 0 Å². The highest BCUT2D eigenvalue weighted by molar-refractivity contribution is 8.04. The number of nitrogens with one attached hydrogen (secondary N) is 1. The molecule has 7 aromatic rings. The first-order valence-corrected chi connectivity index (χ1v) is 21.1. The summed E-state index contributed by atoms with van der Waals surface area (Å²) < 4.78 is 0. The third kappa shape index (κ3) is 7.95. The van der Waals surface area contributed by atoms with Crippen molar-refractivity contribution in [3.8, 4) is 11.3 Å². The van der Waals surface area contributed by atoms with Crippen LogP contribution in [-0.2, 0) is 31.0 Å². The van der Waals surface area contributed by atoms with Crippen molar-refractivity contribution in [3.05, 3.63) is 231 Å². The maximum atomic E-state index is 14.7. The number of hydrogen-bond acceptors (Lipinski definition) is 7. The molecule has 1 N–H and O–H groups in total. The smallest absolute Gasteiger partial charge is 0.235 e. The first-order valence-electron chi connectivity index (χ1n) is 19.4. The maximum absolute atomic E-state index is 14.7. The topological polar surface area (TPSA) is 73.1 Å². The summed E-state index contributed by atoms with van der Waals surface area (Å²) in [5.74, 6) is -0.510. The number of aromatic nitrogens is 1. The Morgan fingerprint density at radius 2 is 1.02 bits per heavy atom. The molecule has 0 amide bonds. The summed E-state index contributed by atoms with van der Waals surface area (Å²) in [7, 11) is 0. The Labute approximate surface area is 347 Å².